The zero-order valence-electron chi connectivity index (χ0n) is 12.2. The number of hydrogen-bond acceptors (Lipinski definition) is 4. The molecule has 4 nitrogen and oxygen atoms in total. The van der Waals surface area contributed by atoms with Gasteiger partial charge in [-0.3, -0.25) is 0 Å². The number of nitrogens with one attached hydrogen (secondary N) is 1. The molecule has 1 aromatic carbocycles. The van der Waals surface area contributed by atoms with E-state index in [0.717, 1.165) is 43.5 Å². The zero-order chi connectivity index (χ0) is 14.4. The van der Waals surface area contributed by atoms with Crippen molar-refractivity contribution < 1.29 is 9.47 Å². The predicted molar refractivity (Wildman–Crippen MR) is 82.7 cm³/mol. The Kier molecular flexibility index (Phi) is 6.10. The second-order valence-electron chi connectivity index (χ2n) is 5.04. The first-order valence-corrected chi connectivity index (χ1v) is 7.43. The van der Waals surface area contributed by atoms with Crippen molar-refractivity contribution in [2.24, 2.45) is 0 Å². The maximum absolute atomic E-state index is 6.42. The molecule has 1 unspecified atom stereocenters. The molecule has 0 aromatic heterocycles. The minimum Gasteiger partial charge on any atom is -0.383 e. The average molecular weight is 299 g/mol. The molecule has 1 aliphatic heterocycles. The molecule has 2 rings (SSSR count). The summed E-state index contributed by atoms with van der Waals surface area (Å²) >= 11 is 6.42. The Balaban J connectivity index is 2.09. The smallest absolute Gasteiger partial charge is 0.0722 e. The van der Waals surface area contributed by atoms with Gasteiger partial charge < -0.3 is 19.7 Å². The Morgan fingerprint density at radius 2 is 2.35 bits per heavy atom. The van der Waals surface area contributed by atoms with Gasteiger partial charge in [-0.2, -0.15) is 0 Å². The molecule has 1 atom stereocenters. The van der Waals surface area contributed by atoms with Gasteiger partial charge >= 0.3 is 0 Å². The molecule has 20 heavy (non-hydrogen) atoms. The molecule has 0 aliphatic carbocycles. The normalized spacial score (nSPS) is 19.4. The fourth-order valence-corrected chi connectivity index (χ4v) is 2.79. The van der Waals surface area contributed by atoms with Gasteiger partial charge in [-0.15, -0.1) is 0 Å². The van der Waals surface area contributed by atoms with Crippen LogP contribution in [0.4, 0.5) is 5.69 Å². The molecular weight excluding hydrogens is 276 g/mol. The van der Waals surface area contributed by atoms with Crippen LogP contribution >= 0.6 is 11.6 Å². The second kappa shape index (κ2) is 7.84. The SMILES string of the molecule is COCCNCc1cccc(Cl)c1N1CCOC(C)C1. The number of para-hydroxylation sites is 1. The molecule has 1 saturated heterocycles. The van der Waals surface area contributed by atoms with Crippen LogP contribution in [-0.2, 0) is 16.0 Å². The van der Waals surface area contributed by atoms with Gasteiger partial charge in [0.05, 0.1) is 30.0 Å². The summed E-state index contributed by atoms with van der Waals surface area (Å²) in [5.74, 6) is 0. The van der Waals surface area contributed by atoms with E-state index in [9.17, 15) is 0 Å². The minimum atomic E-state index is 0.245. The van der Waals surface area contributed by atoms with Gasteiger partial charge in [-0.1, -0.05) is 23.7 Å². The van der Waals surface area contributed by atoms with E-state index in [1.54, 1.807) is 7.11 Å². The number of ether oxygens (including phenoxy) is 2. The molecule has 1 aromatic rings. The Morgan fingerprint density at radius 3 is 3.10 bits per heavy atom. The summed E-state index contributed by atoms with van der Waals surface area (Å²) in [6.45, 7) is 6.97. The summed E-state index contributed by atoms with van der Waals surface area (Å²) in [6.07, 6.45) is 0.245. The summed E-state index contributed by atoms with van der Waals surface area (Å²) in [7, 11) is 1.71. The third kappa shape index (κ3) is 4.09. The number of methoxy groups -OCH3 is 1. The summed E-state index contributed by atoms with van der Waals surface area (Å²) in [5.41, 5.74) is 2.36. The van der Waals surface area contributed by atoms with Gasteiger partial charge in [0.2, 0.25) is 0 Å². The summed E-state index contributed by atoms with van der Waals surface area (Å²) in [4.78, 5) is 2.32. The number of hydrogen-bond donors (Lipinski definition) is 1. The number of benzene rings is 1. The molecule has 0 radical (unpaired) electrons. The molecule has 1 N–H and O–H groups in total. The van der Waals surface area contributed by atoms with Crippen LogP contribution in [0.3, 0.4) is 0 Å². The maximum atomic E-state index is 6.42. The van der Waals surface area contributed by atoms with Crippen LogP contribution in [0.5, 0.6) is 0 Å². The summed E-state index contributed by atoms with van der Waals surface area (Å²) in [6, 6.07) is 6.08. The molecule has 1 heterocycles. The standard InChI is InChI=1S/C15H23ClN2O2/c1-12-11-18(7-9-20-12)15-13(4-3-5-14(15)16)10-17-6-8-19-2/h3-5,12,17H,6-11H2,1-2H3. The van der Waals surface area contributed by atoms with Crippen molar-refractivity contribution in [2.75, 3.05) is 44.9 Å². The first kappa shape index (κ1) is 15.6. The quantitative estimate of drug-likeness (QED) is 0.817. The van der Waals surface area contributed by atoms with E-state index in [0.29, 0.717) is 6.61 Å². The lowest BCUT2D eigenvalue weighted by Crippen LogP contribution is -2.41. The third-order valence-electron chi connectivity index (χ3n) is 3.43. The van der Waals surface area contributed by atoms with Gasteiger partial charge in [0, 0.05) is 33.3 Å². The number of halogens is 1. The van der Waals surface area contributed by atoms with E-state index in [1.807, 2.05) is 12.1 Å². The van der Waals surface area contributed by atoms with Crippen LogP contribution < -0.4 is 10.2 Å². The van der Waals surface area contributed by atoms with E-state index >= 15 is 0 Å². The molecular formula is C15H23ClN2O2. The molecule has 0 spiro atoms. The number of nitrogens with zero attached hydrogens (tertiary/aromatic N) is 1. The van der Waals surface area contributed by atoms with Crippen molar-refractivity contribution in [3.63, 3.8) is 0 Å². The largest absolute Gasteiger partial charge is 0.383 e. The van der Waals surface area contributed by atoms with E-state index in [1.165, 1.54) is 5.56 Å². The van der Waals surface area contributed by atoms with E-state index in [-0.39, 0.29) is 6.10 Å². The Bertz CT molecular complexity index is 428. The van der Waals surface area contributed by atoms with Gasteiger partial charge in [0.15, 0.2) is 0 Å². The Morgan fingerprint density at radius 1 is 1.50 bits per heavy atom. The lowest BCUT2D eigenvalue weighted by Gasteiger charge is -2.34. The van der Waals surface area contributed by atoms with E-state index in [4.69, 9.17) is 21.1 Å². The minimum absolute atomic E-state index is 0.245. The van der Waals surface area contributed by atoms with E-state index < -0.39 is 0 Å². The van der Waals surface area contributed by atoms with Crippen molar-refractivity contribution in [3.8, 4) is 0 Å². The number of morpholine rings is 1. The highest BCUT2D eigenvalue weighted by atomic mass is 35.5. The number of rotatable bonds is 6. The van der Waals surface area contributed by atoms with Crippen molar-refractivity contribution >= 4 is 17.3 Å². The highest BCUT2D eigenvalue weighted by molar-refractivity contribution is 6.33. The van der Waals surface area contributed by atoms with Crippen molar-refractivity contribution in [3.05, 3.63) is 28.8 Å². The Labute approximate surface area is 126 Å². The van der Waals surface area contributed by atoms with Crippen molar-refractivity contribution in [1.82, 2.24) is 5.32 Å². The van der Waals surface area contributed by atoms with Crippen LogP contribution in [0, 0.1) is 0 Å². The predicted octanol–water partition coefficient (Wildman–Crippen LogP) is 2.30. The summed E-state index contributed by atoms with van der Waals surface area (Å²) < 4.78 is 10.7. The fourth-order valence-electron chi connectivity index (χ4n) is 2.48. The van der Waals surface area contributed by atoms with Crippen LogP contribution in [0.1, 0.15) is 12.5 Å². The second-order valence-corrected chi connectivity index (χ2v) is 5.45. The zero-order valence-corrected chi connectivity index (χ0v) is 12.9. The molecule has 1 fully saturated rings. The maximum Gasteiger partial charge on any atom is 0.0722 e. The highest BCUT2D eigenvalue weighted by Gasteiger charge is 2.21. The fraction of sp³-hybridized carbons (Fsp3) is 0.600. The lowest BCUT2D eigenvalue weighted by molar-refractivity contribution is 0.0532. The third-order valence-corrected chi connectivity index (χ3v) is 3.73. The molecule has 5 heteroatoms. The highest BCUT2D eigenvalue weighted by Crippen LogP contribution is 2.31. The van der Waals surface area contributed by atoms with Gasteiger partial charge in [0.1, 0.15) is 0 Å². The van der Waals surface area contributed by atoms with Crippen LogP contribution in [0.2, 0.25) is 5.02 Å². The molecule has 0 saturated carbocycles. The number of anilines is 1. The summed E-state index contributed by atoms with van der Waals surface area (Å²) in [5, 5.41) is 4.19. The first-order valence-electron chi connectivity index (χ1n) is 7.06. The average Bonchev–Trinajstić information content (AvgIpc) is 2.44. The monoisotopic (exact) mass is 298 g/mol. The van der Waals surface area contributed by atoms with Crippen molar-refractivity contribution in [1.29, 1.82) is 0 Å². The van der Waals surface area contributed by atoms with Crippen LogP contribution in [-0.4, -0.2) is 46.1 Å². The molecule has 1 aliphatic rings. The lowest BCUT2D eigenvalue weighted by atomic mass is 10.1. The Hall–Kier alpha value is -0.810. The molecule has 0 bridgehead atoms. The molecule has 0 amide bonds. The van der Waals surface area contributed by atoms with Gasteiger partial charge in [0.25, 0.3) is 0 Å². The topological polar surface area (TPSA) is 33.7 Å². The van der Waals surface area contributed by atoms with Gasteiger partial charge in [-0.05, 0) is 18.6 Å². The van der Waals surface area contributed by atoms with Crippen molar-refractivity contribution in [2.45, 2.75) is 19.6 Å². The first-order chi connectivity index (χ1) is 9.72. The van der Waals surface area contributed by atoms with E-state index in [2.05, 4.69) is 23.2 Å². The molecule has 112 valence electrons. The van der Waals surface area contributed by atoms with Gasteiger partial charge in [-0.25, -0.2) is 0 Å². The van der Waals surface area contributed by atoms with Crippen LogP contribution in [0.15, 0.2) is 18.2 Å². The van der Waals surface area contributed by atoms with Crippen LogP contribution in [0.25, 0.3) is 0 Å².